The van der Waals surface area contributed by atoms with Crippen LogP contribution in [0.2, 0.25) is 0 Å². The van der Waals surface area contributed by atoms with Gasteiger partial charge in [0.2, 0.25) is 0 Å². The third kappa shape index (κ3) is 13.8. The number of aliphatic hydroxyl groups is 2. The molecule has 0 saturated heterocycles. The molecule has 0 bridgehead atoms. The summed E-state index contributed by atoms with van der Waals surface area (Å²) in [5.41, 5.74) is 8.59. The summed E-state index contributed by atoms with van der Waals surface area (Å²) in [6.45, 7) is 15.4. The van der Waals surface area contributed by atoms with Gasteiger partial charge in [-0.25, -0.2) is 14.0 Å². The molecule has 0 spiro atoms. The highest BCUT2D eigenvalue weighted by Crippen LogP contribution is 2.42. The molecule has 0 aromatic heterocycles. The fraction of sp³-hybridized carbons (Fsp3) is 0.560. The molecule has 58 heavy (non-hydrogen) atoms. The van der Waals surface area contributed by atoms with Gasteiger partial charge in [-0.2, -0.15) is 0 Å². The van der Waals surface area contributed by atoms with Crippen molar-refractivity contribution in [2.45, 2.75) is 130 Å². The predicted octanol–water partition coefficient (Wildman–Crippen LogP) is 10.8. The van der Waals surface area contributed by atoms with E-state index in [1.54, 1.807) is 13.8 Å². The maximum atomic E-state index is 16.1. The molecule has 2 aliphatic carbocycles. The maximum absolute atomic E-state index is 16.1. The Kier molecular flexibility index (Phi) is 19.4. The van der Waals surface area contributed by atoms with Gasteiger partial charge in [0.15, 0.2) is 0 Å². The van der Waals surface area contributed by atoms with Gasteiger partial charge in [0.1, 0.15) is 11.9 Å². The third-order valence-corrected chi connectivity index (χ3v) is 11.8. The highest BCUT2D eigenvalue weighted by Gasteiger charge is 2.29. The van der Waals surface area contributed by atoms with Gasteiger partial charge in [0.25, 0.3) is 0 Å². The number of hydrogen-bond donors (Lipinski definition) is 2. The van der Waals surface area contributed by atoms with E-state index in [4.69, 9.17) is 14.2 Å². The Hall–Kier alpha value is -4.01. The first-order chi connectivity index (χ1) is 28.0. The lowest BCUT2D eigenvalue weighted by Gasteiger charge is -2.32. The van der Waals surface area contributed by atoms with Crippen molar-refractivity contribution in [1.82, 2.24) is 0 Å². The zero-order valence-electron chi connectivity index (χ0n) is 35.7. The van der Waals surface area contributed by atoms with Crippen LogP contribution in [-0.2, 0) is 38.3 Å². The number of esters is 2. The van der Waals surface area contributed by atoms with E-state index >= 15 is 4.39 Å². The number of carbonyl (C=O) groups is 2. The van der Waals surface area contributed by atoms with Crippen molar-refractivity contribution < 1.29 is 38.4 Å². The molecule has 4 rings (SSSR count). The topological polar surface area (TPSA) is 102 Å². The fourth-order valence-corrected chi connectivity index (χ4v) is 8.25. The number of carbonyl (C=O) groups excluding carboxylic acids is 2. The Morgan fingerprint density at radius 3 is 1.93 bits per heavy atom. The Balaban J connectivity index is 1.63. The third-order valence-electron chi connectivity index (χ3n) is 11.8. The van der Waals surface area contributed by atoms with Crippen molar-refractivity contribution >= 4 is 17.5 Å². The van der Waals surface area contributed by atoms with E-state index in [9.17, 15) is 19.8 Å². The van der Waals surface area contributed by atoms with Gasteiger partial charge in [0, 0.05) is 36.7 Å². The molecule has 0 radical (unpaired) electrons. The Labute approximate surface area is 347 Å². The first-order valence-corrected chi connectivity index (χ1v) is 21.8. The molecule has 0 heterocycles. The minimum atomic E-state index is -1.04. The number of unbranched alkanes of at least 4 members (excludes halogenated alkanes) is 2. The predicted molar refractivity (Wildman–Crippen MR) is 232 cm³/mol. The van der Waals surface area contributed by atoms with E-state index < -0.39 is 18.1 Å². The normalized spacial score (nSPS) is 18.0. The summed E-state index contributed by atoms with van der Waals surface area (Å²) in [5, 5.41) is 19.4. The second kappa shape index (κ2) is 24.2. The molecule has 2 N–H and O–H groups in total. The van der Waals surface area contributed by atoms with E-state index in [1.807, 2.05) is 12.1 Å². The van der Waals surface area contributed by atoms with E-state index in [1.165, 1.54) is 56.9 Å². The maximum Gasteiger partial charge on any atom is 0.333 e. The highest BCUT2D eigenvalue weighted by molar-refractivity contribution is 5.87. The number of halogens is 1. The van der Waals surface area contributed by atoms with Crippen LogP contribution in [0.3, 0.4) is 0 Å². The molecule has 2 aromatic rings. The van der Waals surface area contributed by atoms with E-state index in [-0.39, 0.29) is 39.0 Å². The molecule has 1 saturated carbocycles. The second-order valence-corrected chi connectivity index (χ2v) is 16.5. The van der Waals surface area contributed by atoms with Crippen LogP contribution in [0.4, 0.5) is 4.39 Å². The zero-order valence-corrected chi connectivity index (χ0v) is 35.7. The number of benzene rings is 2. The summed E-state index contributed by atoms with van der Waals surface area (Å²) in [5.74, 6) is 0.853. The molecular weight excluding hydrogens is 732 g/mol. The first kappa shape index (κ1) is 46.7. The number of rotatable bonds is 24. The van der Waals surface area contributed by atoms with Crippen LogP contribution in [0.25, 0.3) is 16.7 Å². The van der Waals surface area contributed by atoms with Crippen LogP contribution in [0.15, 0.2) is 72.4 Å². The summed E-state index contributed by atoms with van der Waals surface area (Å²) in [6, 6.07) is 10.5. The Morgan fingerprint density at radius 2 is 1.40 bits per heavy atom. The molecule has 1 unspecified atom stereocenters. The monoisotopic (exact) mass is 801 g/mol. The molecule has 1 atom stereocenters. The standard InChI is InChI=1S/C50H69FO7/c1-7-9-10-13-36-16-18-39(19-17-36)40-20-23-46(47(51)31-40)41-21-22-45(38(8-2)28-41)44-29-42(14-11-25-57-49(54)34(3)4)48(56-27-24-37(32-52)33-53)43(30-44)15-12-26-58-50(55)35(5)6/h20-23,28-30,36-37,39,47,52-53H,3,5,7-19,24-27,31-33H2,1-2,4,6H3. The lowest BCUT2D eigenvalue weighted by molar-refractivity contribution is -0.139. The first-order valence-electron chi connectivity index (χ1n) is 21.8. The van der Waals surface area contributed by atoms with Crippen LogP contribution in [-0.4, -0.2) is 61.4 Å². The number of hydrogen-bond acceptors (Lipinski definition) is 7. The summed E-state index contributed by atoms with van der Waals surface area (Å²) in [7, 11) is 0. The molecular formula is C50H69FO7. The van der Waals surface area contributed by atoms with E-state index in [0.717, 1.165) is 51.3 Å². The molecule has 2 aliphatic rings. The van der Waals surface area contributed by atoms with Gasteiger partial charge in [-0.3, -0.25) is 0 Å². The van der Waals surface area contributed by atoms with E-state index in [2.05, 4.69) is 57.3 Å². The van der Waals surface area contributed by atoms with Gasteiger partial charge in [0.05, 0.1) is 19.8 Å². The molecule has 8 heteroatoms. The van der Waals surface area contributed by atoms with Crippen molar-refractivity contribution in [3.05, 3.63) is 94.6 Å². The van der Waals surface area contributed by atoms with Crippen LogP contribution in [0, 0.1) is 17.8 Å². The average molecular weight is 801 g/mol. The lowest BCUT2D eigenvalue weighted by atomic mass is 9.74. The minimum absolute atomic E-state index is 0.145. The average Bonchev–Trinajstić information content (AvgIpc) is 3.22. The molecule has 7 nitrogen and oxygen atoms in total. The van der Waals surface area contributed by atoms with Crippen molar-refractivity contribution in [2.24, 2.45) is 17.8 Å². The number of alkyl halides is 1. The lowest BCUT2D eigenvalue weighted by Crippen LogP contribution is -2.20. The van der Waals surface area contributed by atoms with Crippen LogP contribution in [0.1, 0.15) is 127 Å². The minimum Gasteiger partial charge on any atom is -0.493 e. The van der Waals surface area contributed by atoms with E-state index in [0.29, 0.717) is 61.3 Å². The quantitative estimate of drug-likeness (QED) is 0.0619. The summed E-state index contributed by atoms with van der Waals surface area (Å²) >= 11 is 0. The SMILES string of the molecule is C=C(C)C(=O)OCCCc1cc(-c2ccc(C3=CC=C(C4CCC(CCCCC)CC4)CC3F)cc2CC)cc(CCCOC(=O)C(=C)C)c1OCCC(CO)CO. The molecule has 0 aliphatic heterocycles. The van der Waals surface area contributed by atoms with Gasteiger partial charge < -0.3 is 24.4 Å². The fourth-order valence-electron chi connectivity index (χ4n) is 8.25. The van der Waals surface area contributed by atoms with Crippen molar-refractivity contribution in [3.8, 4) is 16.9 Å². The Bertz CT molecular complexity index is 1690. The second-order valence-electron chi connectivity index (χ2n) is 16.5. The van der Waals surface area contributed by atoms with Crippen LogP contribution in [0.5, 0.6) is 5.75 Å². The number of aryl methyl sites for hydroxylation is 3. The van der Waals surface area contributed by atoms with Gasteiger partial charge >= 0.3 is 11.9 Å². The van der Waals surface area contributed by atoms with Crippen molar-refractivity contribution in [2.75, 3.05) is 33.0 Å². The number of allylic oxidation sites excluding steroid dienone is 4. The zero-order chi connectivity index (χ0) is 42.0. The smallest absolute Gasteiger partial charge is 0.333 e. The summed E-state index contributed by atoms with van der Waals surface area (Å²) < 4.78 is 33.4. The summed E-state index contributed by atoms with van der Waals surface area (Å²) in [6.07, 6.45) is 17.2. The molecule has 318 valence electrons. The van der Waals surface area contributed by atoms with Crippen molar-refractivity contribution in [3.63, 3.8) is 0 Å². The number of ether oxygens (including phenoxy) is 3. The molecule has 2 aromatic carbocycles. The van der Waals surface area contributed by atoms with Gasteiger partial charge in [-0.1, -0.05) is 88.6 Å². The molecule has 0 amide bonds. The Morgan fingerprint density at radius 1 is 0.793 bits per heavy atom. The van der Waals surface area contributed by atoms with Crippen LogP contribution >= 0.6 is 0 Å². The highest BCUT2D eigenvalue weighted by atomic mass is 19.1. The van der Waals surface area contributed by atoms with Crippen LogP contribution < -0.4 is 4.74 Å². The molecule has 1 fully saturated rings. The summed E-state index contributed by atoms with van der Waals surface area (Å²) in [4.78, 5) is 24.2. The van der Waals surface area contributed by atoms with Gasteiger partial charge in [-0.15, -0.1) is 0 Å². The van der Waals surface area contributed by atoms with Crippen molar-refractivity contribution in [1.29, 1.82) is 0 Å². The van der Waals surface area contributed by atoms with Gasteiger partial charge in [-0.05, 0) is 141 Å². The largest absolute Gasteiger partial charge is 0.493 e. The number of aliphatic hydroxyl groups excluding tert-OH is 2.